The maximum atomic E-state index is 12.8. The Morgan fingerprint density at radius 3 is 2.92 bits per heavy atom. The zero-order valence-corrected chi connectivity index (χ0v) is 13.6. The molecule has 7 heteroatoms. The van der Waals surface area contributed by atoms with Gasteiger partial charge in [-0.2, -0.15) is 4.98 Å². The summed E-state index contributed by atoms with van der Waals surface area (Å²) >= 11 is 0. The van der Waals surface area contributed by atoms with E-state index in [-0.39, 0.29) is 11.9 Å². The van der Waals surface area contributed by atoms with Gasteiger partial charge in [0.25, 0.3) is 5.91 Å². The number of amides is 1. The minimum Gasteiger partial charge on any atom is -0.477 e. The van der Waals surface area contributed by atoms with Crippen LogP contribution >= 0.6 is 0 Å². The maximum Gasteiger partial charge on any atom is 0.256 e. The highest BCUT2D eigenvalue weighted by Crippen LogP contribution is 2.32. The van der Waals surface area contributed by atoms with Gasteiger partial charge >= 0.3 is 0 Å². The van der Waals surface area contributed by atoms with Gasteiger partial charge in [0.15, 0.2) is 5.82 Å². The van der Waals surface area contributed by atoms with Crippen molar-refractivity contribution < 1.29 is 14.1 Å². The number of ether oxygens (including phenoxy) is 1. The van der Waals surface area contributed by atoms with E-state index in [4.69, 9.17) is 9.26 Å². The Morgan fingerprint density at radius 1 is 1.38 bits per heavy atom. The van der Waals surface area contributed by atoms with Gasteiger partial charge < -0.3 is 14.2 Å². The average Bonchev–Trinajstić information content (AvgIpc) is 3.12. The van der Waals surface area contributed by atoms with Crippen molar-refractivity contribution in [1.29, 1.82) is 0 Å². The fraction of sp³-hybridized carbons (Fsp3) is 0.529. The minimum atomic E-state index is -0.124. The third-order valence-electron chi connectivity index (χ3n) is 4.50. The highest BCUT2D eigenvalue weighted by atomic mass is 16.5. The predicted molar refractivity (Wildman–Crippen MR) is 84.5 cm³/mol. The molecule has 126 valence electrons. The molecule has 1 aliphatic heterocycles. The summed E-state index contributed by atoms with van der Waals surface area (Å²) in [5.74, 6) is 2.29. The zero-order valence-electron chi connectivity index (χ0n) is 13.6. The molecule has 0 N–H and O–H groups in total. The summed E-state index contributed by atoms with van der Waals surface area (Å²) in [6.07, 6.45) is 5.84. The number of hydrogen-bond donors (Lipinski definition) is 0. The molecule has 0 radical (unpaired) electrons. The van der Waals surface area contributed by atoms with Gasteiger partial charge in [-0.05, 0) is 37.7 Å². The van der Waals surface area contributed by atoms with Crippen LogP contribution < -0.4 is 4.74 Å². The lowest BCUT2D eigenvalue weighted by Crippen LogP contribution is -2.31. The number of hydrogen-bond acceptors (Lipinski definition) is 6. The van der Waals surface area contributed by atoms with Gasteiger partial charge in [-0.25, -0.2) is 4.98 Å². The van der Waals surface area contributed by atoms with Crippen molar-refractivity contribution in [3.8, 4) is 5.88 Å². The molecule has 1 atom stereocenters. The van der Waals surface area contributed by atoms with Crippen LogP contribution in [0, 0.1) is 12.8 Å². The molecule has 0 spiro atoms. The first kappa shape index (κ1) is 15.1. The molecule has 1 saturated carbocycles. The number of pyridine rings is 1. The molecular formula is C17H20N4O3. The van der Waals surface area contributed by atoms with E-state index >= 15 is 0 Å². The topological polar surface area (TPSA) is 81.4 Å². The summed E-state index contributed by atoms with van der Waals surface area (Å²) in [6.45, 7) is 3.16. The highest BCUT2D eigenvalue weighted by molar-refractivity contribution is 5.94. The van der Waals surface area contributed by atoms with E-state index in [0.29, 0.717) is 42.2 Å². The van der Waals surface area contributed by atoms with Crippen LogP contribution in [0.1, 0.15) is 53.8 Å². The highest BCUT2D eigenvalue weighted by Gasteiger charge is 2.33. The van der Waals surface area contributed by atoms with Crippen LogP contribution in [-0.2, 0) is 0 Å². The number of aryl methyl sites for hydroxylation is 1. The predicted octanol–water partition coefficient (Wildman–Crippen LogP) is 2.54. The van der Waals surface area contributed by atoms with Crippen LogP contribution in [0.15, 0.2) is 22.9 Å². The van der Waals surface area contributed by atoms with E-state index in [9.17, 15) is 4.79 Å². The standard InChI is InChI=1S/C17H20N4O3/c1-11-19-16(20-24-11)14-3-2-8-21(14)17(22)13-6-7-15(18-9-13)23-10-12-4-5-12/h6-7,9,12,14H,2-5,8,10H2,1H3. The Kier molecular flexibility index (Phi) is 3.92. The number of carbonyl (C=O) groups is 1. The summed E-state index contributed by atoms with van der Waals surface area (Å²) in [5.41, 5.74) is 0.556. The van der Waals surface area contributed by atoms with E-state index < -0.39 is 0 Å². The van der Waals surface area contributed by atoms with Gasteiger partial charge in [0, 0.05) is 25.7 Å². The molecule has 1 unspecified atom stereocenters. The zero-order chi connectivity index (χ0) is 16.5. The van der Waals surface area contributed by atoms with Crippen LogP contribution in [0.25, 0.3) is 0 Å². The molecule has 3 heterocycles. The van der Waals surface area contributed by atoms with E-state index in [2.05, 4.69) is 15.1 Å². The average molecular weight is 328 g/mol. The minimum absolute atomic E-state index is 0.0544. The third-order valence-corrected chi connectivity index (χ3v) is 4.50. The number of aromatic nitrogens is 3. The normalized spacial score (nSPS) is 20.4. The van der Waals surface area contributed by atoms with Crippen molar-refractivity contribution in [2.75, 3.05) is 13.2 Å². The third kappa shape index (κ3) is 3.11. The number of carbonyl (C=O) groups excluding carboxylic acids is 1. The molecular weight excluding hydrogens is 308 g/mol. The number of rotatable bonds is 5. The molecule has 2 aromatic rings. The van der Waals surface area contributed by atoms with E-state index in [0.717, 1.165) is 12.8 Å². The summed E-state index contributed by atoms with van der Waals surface area (Å²) in [4.78, 5) is 23.1. The molecule has 2 aromatic heterocycles. The summed E-state index contributed by atoms with van der Waals surface area (Å²) in [7, 11) is 0. The summed E-state index contributed by atoms with van der Waals surface area (Å²) in [5, 5.41) is 3.97. The molecule has 0 aromatic carbocycles. The van der Waals surface area contributed by atoms with Crippen LogP contribution in [0.5, 0.6) is 5.88 Å². The van der Waals surface area contributed by atoms with Gasteiger partial charge in [-0.3, -0.25) is 4.79 Å². The number of likely N-dealkylation sites (tertiary alicyclic amines) is 1. The Morgan fingerprint density at radius 2 is 2.25 bits per heavy atom. The van der Waals surface area contributed by atoms with Crippen molar-refractivity contribution in [2.45, 2.75) is 38.6 Å². The lowest BCUT2D eigenvalue weighted by molar-refractivity contribution is 0.0728. The second-order valence-corrected chi connectivity index (χ2v) is 6.47. The summed E-state index contributed by atoms with van der Waals surface area (Å²) in [6, 6.07) is 3.41. The van der Waals surface area contributed by atoms with Crippen LogP contribution in [0.3, 0.4) is 0 Å². The van der Waals surface area contributed by atoms with Crippen molar-refractivity contribution >= 4 is 5.91 Å². The van der Waals surface area contributed by atoms with Crippen molar-refractivity contribution in [1.82, 2.24) is 20.0 Å². The second kappa shape index (κ2) is 6.22. The Bertz CT molecular complexity index is 724. The summed E-state index contributed by atoms with van der Waals surface area (Å²) < 4.78 is 10.7. The van der Waals surface area contributed by atoms with Gasteiger partial charge in [-0.1, -0.05) is 5.16 Å². The molecule has 4 rings (SSSR count). The SMILES string of the molecule is Cc1nc(C2CCCN2C(=O)c2ccc(OCC3CC3)nc2)no1. The van der Waals surface area contributed by atoms with Crippen molar-refractivity contribution in [3.05, 3.63) is 35.6 Å². The molecule has 1 amide bonds. The van der Waals surface area contributed by atoms with Gasteiger partial charge in [0.05, 0.1) is 18.2 Å². The maximum absolute atomic E-state index is 12.8. The first-order valence-electron chi connectivity index (χ1n) is 8.41. The van der Waals surface area contributed by atoms with Crippen LogP contribution in [0.2, 0.25) is 0 Å². The van der Waals surface area contributed by atoms with Crippen LogP contribution in [-0.4, -0.2) is 39.1 Å². The Labute approximate surface area is 140 Å². The van der Waals surface area contributed by atoms with Gasteiger partial charge in [-0.15, -0.1) is 0 Å². The smallest absolute Gasteiger partial charge is 0.256 e. The van der Waals surface area contributed by atoms with E-state index in [1.54, 1.807) is 30.2 Å². The van der Waals surface area contributed by atoms with E-state index in [1.165, 1.54) is 12.8 Å². The number of nitrogens with zero attached hydrogens (tertiary/aromatic N) is 4. The molecule has 1 aliphatic carbocycles. The van der Waals surface area contributed by atoms with E-state index in [1.807, 2.05) is 0 Å². The van der Waals surface area contributed by atoms with Crippen molar-refractivity contribution in [3.63, 3.8) is 0 Å². The van der Waals surface area contributed by atoms with Gasteiger partial charge in [0.2, 0.25) is 11.8 Å². The fourth-order valence-electron chi connectivity index (χ4n) is 2.97. The fourth-order valence-corrected chi connectivity index (χ4v) is 2.97. The van der Waals surface area contributed by atoms with Gasteiger partial charge in [0.1, 0.15) is 0 Å². The molecule has 2 aliphatic rings. The Balaban J connectivity index is 1.45. The molecule has 0 bridgehead atoms. The molecule has 24 heavy (non-hydrogen) atoms. The lowest BCUT2D eigenvalue weighted by atomic mass is 10.2. The first-order valence-corrected chi connectivity index (χ1v) is 8.41. The molecule has 2 fully saturated rings. The molecule has 7 nitrogen and oxygen atoms in total. The van der Waals surface area contributed by atoms with Crippen molar-refractivity contribution in [2.24, 2.45) is 5.92 Å². The monoisotopic (exact) mass is 328 g/mol. The quantitative estimate of drug-likeness (QED) is 0.839. The Hall–Kier alpha value is -2.44. The first-order chi connectivity index (χ1) is 11.7. The molecule has 1 saturated heterocycles. The lowest BCUT2D eigenvalue weighted by Gasteiger charge is -2.22. The second-order valence-electron chi connectivity index (χ2n) is 6.47. The largest absolute Gasteiger partial charge is 0.477 e. The van der Waals surface area contributed by atoms with Crippen LogP contribution in [0.4, 0.5) is 0 Å².